The van der Waals surface area contributed by atoms with E-state index in [1.807, 2.05) is 0 Å². The number of primary amides is 1. The average molecular weight is 286 g/mol. The molecule has 0 fully saturated rings. The minimum Gasteiger partial charge on any atom is -0.463 e. The number of aromatic nitrogens is 2. The maximum absolute atomic E-state index is 13.0. The quantitative estimate of drug-likeness (QED) is 0.776. The molecule has 0 aliphatic rings. The first-order valence-electron chi connectivity index (χ1n) is 6.10. The average Bonchev–Trinajstić information content (AvgIpc) is 3.08. The summed E-state index contributed by atoms with van der Waals surface area (Å²) in [6.07, 6.45) is 1.52. The van der Waals surface area contributed by atoms with Crippen LogP contribution in [0.25, 0.3) is 17.1 Å². The van der Waals surface area contributed by atoms with Crippen LogP contribution >= 0.6 is 0 Å². The molecular formula is C14H11FN4O2. The van der Waals surface area contributed by atoms with E-state index in [9.17, 15) is 9.18 Å². The lowest BCUT2D eigenvalue weighted by atomic mass is 10.3. The lowest BCUT2D eigenvalue weighted by Crippen LogP contribution is -2.21. The van der Waals surface area contributed by atoms with Crippen LogP contribution in [0.15, 0.2) is 53.1 Å². The lowest BCUT2D eigenvalue weighted by molar-refractivity contribution is 0.259. The zero-order valence-corrected chi connectivity index (χ0v) is 10.8. The van der Waals surface area contributed by atoms with E-state index in [0.29, 0.717) is 23.0 Å². The van der Waals surface area contributed by atoms with Gasteiger partial charge in [0.1, 0.15) is 17.3 Å². The van der Waals surface area contributed by atoms with E-state index < -0.39 is 6.03 Å². The molecule has 0 radical (unpaired) electrons. The van der Waals surface area contributed by atoms with E-state index >= 15 is 0 Å². The number of carbonyl (C=O) groups excluding carboxylic acids is 1. The summed E-state index contributed by atoms with van der Waals surface area (Å²) in [4.78, 5) is 11.1. The molecule has 3 rings (SSSR count). The van der Waals surface area contributed by atoms with E-state index in [-0.39, 0.29) is 5.82 Å². The molecule has 106 valence electrons. The fourth-order valence-corrected chi connectivity index (χ4v) is 1.92. The normalized spacial score (nSPS) is 10.5. The summed E-state index contributed by atoms with van der Waals surface area (Å²) >= 11 is 0. The van der Waals surface area contributed by atoms with Crippen LogP contribution in [0, 0.1) is 5.82 Å². The zero-order chi connectivity index (χ0) is 14.8. The second kappa shape index (κ2) is 5.12. The highest BCUT2D eigenvalue weighted by molar-refractivity contribution is 5.87. The number of nitrogens with two attached hydrogens (primary N) is 1. The maximum Gasteiger partial charge on any atom is 0.317 e. The molecule has 3 N–H and O–H groups in total. The Morgan fingerprint density at radius 1 is 1.29 bits per heavy atom. The molecule has 1 aromatic carbocycles. The first-order valence-corrected chi connectivity index (χ1v) is 6.10. The Kier molecular flexibility index (Phi) is 3.15. The van der Waals surface area contributed by atoms with Crippen LogP contribution < -0.4 is 11.1 Å². The summed E-state index contributed by atoms with van der Waals surface area (Å²) in [5.41, 5.74) is 6.25. The van der Waals surface area contributed by atoms with E-state index in [0.717, 1.165) is 0 Å². The van der Waals surface area contributed by atoms with Crippen molar-refractivity contribution in [1.29, 1.82) is 0 Å². The van der Waals surface area contributed by atoms with Crippen molar-refractivity contribution < 1.29 is 13.6 Å². The van der Waals surface area contributed by atoms with Crippen molar-refractivity contribution in [3.8, 4) is 17.1 Å². The number of carbonyl (C=O) groups is 1. The third-order valence-electron chi connectivity index (χ3n) is 2.81. The largest absolute Gasteiger partial charge is 0.463 e. The van der Waals surface area contributed by atoms with Gasteiger partial charge in [0.05, 0.1) is 12.0 Å². The lowest BCUT2D eigenvalue weighted by Gasteiger charge is -2.06. The number of rotatable bonds is 3. The third-order valence-corrected chi connectivity index (χ3v) is 2.81. The minimum absolute atomic E-state index is 0.360. The molecule has 6 nitrogen and oxygen atoms in total. The topological polar surface area (TPSA) is 86.1 Å². The summed E-state index contributed by atoms with van der Waals surface area (Å²) in [5, 5.41) is 6.81. The van der Waals surface area contributed by atoms with E-state index in [4.69, 9.17) is 10.2 Å². The Balaban J connectivity index is 2.08. The summed E-state index contributed by atoms with van der Waals surface area (Å²) in [6, 6.07) is 10.1. The highest BCUT2D eigenvalue weighted by Gasteiger charge is 2.14. The van der Waals surface area contributed by atoms with Gasteiger partial charge in [0.25, 0.3) is 0 Å². The second-order valence-corrected chi connectivity index (χ2v) is 4.27. The number of amides is 2. The molecule has 0 bridgehead atoms. The van der Waals surface area contributed by atoms with Crippen molar-refractivity contribution in [2.45, 2.75) is 0 Å². The molecule has 0 atom stereocenters. The third kappa shape index (κ3) is 2.62. The zero-order valence-electron chi connectivity index (χ0n) is 10.8. The van der Waals surface area contributed by atoms with Crippen molar-refractivity contribution in [1.82, 2.24) is 9.78 Å². The van der Waals surface area contributed by atoms with Crippen LogP contribution in [0.3, 0.4) is 0 Å². The number of nitrogens with zero attached hydrogens (tertiary/aromatic N) is 2. The molecule has 2 amide bonds. The van der Waals surface area contributed by atoms with Gasteiger partial charge in [-0.2, -0.15) is 5.10 Å². The molecule has 3 aromatic rings. The van der Waals surface area contributed by atoms with Crippen molar-refractivity contribution in [2.24, 2.45) is 5.73 Å². The molecule has 21 heavy (non-hydrogen) atoms. The summed E-state index contributed by atoms with van der Waals surface area (Å²) in [5.74, 6) is 0.547. The van der Waals surface area contributed by atoms with E-state index in [1.54, 1.807) is 30.3 Å². The number of urea groups is 1. The van der Waals surface area contributed by atoms with Gasteiger partial charge in [-0.05, 0) is 36.4 Å². The van der Waals surface area contributed by atoms with Crippen molar-refractivity contribution in [3.05, 3.63) is 54.5 Å². The second-order valence-electron chi connectivity index (χ2n) is 4.27. The Labute approximate surface area is 119 Å². The number of halogens is 1. The van der Waals surface area contributed by atoms with Gasteiger partial charge in [-0.15, -0.1) is 0 Å². The fraction of sp³-hybridized carbons (Fsp3) is 0. The molecule has 0 aliphatic carbocycles. The maximum atomic E-state index is 13.0. The first kappa shape index (κ1) is 12.9. The number of hydrogen-bond acceptors (Lipinski definition) is 3. The van der Waals surface area contributed by atoms with Gasteiger partial charge in [0.2, 0.25) is 0 Å². The predicted molar refractivity (Wildman–Crippen MR) is 74.4 cm³/mol. The summed E-state index contributed by atoms with van der Waals surface area (Å²) < 4.78 is 19.7. The van der Waals surface area contributed by atoms with Crippen LogP contribution in [0.4, 0.5) is 15.0 Å². The molecule has 0 aliphatic heterocycles. The SMILES string of the molecule is NC(=O)Nc1cc(-c2ccco2)nn1-c1ccc(F)cc1. The van der Waals surface area contributed by atoms with Gasteiger partial charge in [0, 0.05) is 6.07 Å². The summed E-state index contributed by atoms with van der Waals surface area (Å²) in [7, 11) is 0. The number of anilines is 1. The number of furan rings is 1. The van der Waals surface area contributed by atoms with E-state index in [1.165, 1.54) is 23.1 Å². The first-order chi connectivity index (χ1) is 10.1. The molecular weight excluding hydrogens is 275 g/mol. The number of benzene rings is 1. The molecule has 0 saturated heterocycles. The van der Waals surface area contributed by atoms with Crippen LogP contribution in [0.1, 0.15) is 0 Å². The van der Waals surface area contributed by atoms with Crippen LogP contribution in [0.2, 0.25) is 0 Å². The summed E-state index contributed by atoms with van der Waals surface area (Å²) in [6.45, 7) is 0. The van der Waals surface area contributed by atoms with Crippen molar-refractivity contribution >= 4 is 11.8 Å². The molecule has 2 aromatic heterocycles. The van der Waals surface area contributed by atoms with Gasteiger partial charge >= 0.3 is 6.03 Å². The highest BCUT2D eigenvalue weighted by atomic mass is 19.1. The minimum atomic E-state index is -0.718. The monoisotopic (exact) mass is 286 g/mol. The van der Waals surface area contributed by atoms with Crippen molar-refractivity contribution in [2.75, 3.05) is 5.32 Å². The van der Waals surface area contributed by atoms with Crippen LogP contribution in [0.5, 0.6) is 0 Å². The van der Waals surface area contributed by atoms with Gasteiger partial charge in [-0.25, -0.2) is 13.9 Å². The Morgan fingerprint density at radius 2 is 2.05 bits per heavy atom. The van der Waals surface area contributed by atoms with Gasteiger partial charge in [0.15, 0.2) is 5.76 Å². The Morgan fingerprint density at radius 3 is 2.67 bits per heavy atom. The molecule has 0 spiro atoms. The van der Waals surface area contributed by atoms with Gasteiger partial charge in [-0.3, -0.25) is 5.32 Å². The Bertz CT molecular complexity index is 763. The van der Waals surface area contributed by atoms with Crippen molar-refractivity contribution in [3.63, 3.8) is 0 Å². The van der Waals surface area contributed by atoms with E-state index in [2.05, 4.69) is 10.4 Å². The molecule has 0 saturated carbocycles. The molecule has 2 heterocycles. The number of hydrogen-bond donors (Lipinski definition) is 2. The smallest absolute Gasteiger partial charge is 0.317 e. The molecule has 7 heteroatoms. The fourth-order valence-electron chi connectivity index (χ4n) is 1.92. The Hall–Kier alpha value is -3.09. The number of nitrogens with one attached hydrogen (secondary N) is 1. The van der Waals surface area contributed by atoms with Crippen LogP contribution in [-0.2, 0) is 0 Å². The standard InChI is InChI=1S/C14H11FN4O2/c15-9-3-5-10(6-4-9)19-13(17-14(16)20)8-11(18-19)12-2-1-7-21-12/h1-8H,(H3,16,17,20). The predicted octanol–water partition coefficient (Wildman–Crippen LogP) is 2.76. The van der Waals surface area contributed by atoms with Gasteiger partial charge < -0.3 is 10.2 Å². The highest BCUT2D eigenvalue weighted by Crippen LogP contribution is 2.25. The molecule has 0 unspecified atom stereocenters. The van der Waals surface area contributed by atoms with Crippen LogP contribution in [-0.4, -0.2) is 15.8 Å². The van der Waals surface area contributed by atoms with Gasteiger partial charge in [-0.1, -0.05) is 0 Å².